The van der Waals surface area contributed by atoms with E-state index < -0.39 is 12.1 Å². The summed E-state index contributed by atoms with van der Waals surface area (Å²) in [6, 6.07) is -1.17. The zero-order valence-electron chi connectivity index (χ0n) is 9.86. The molecule has 0 aliphatic carbocycles. The van der Waals surface area contributed by atoms with Gasteiger partial charge < -0.3 is 5.11 Å². The molecular formula is C10H20N2O3S. The van der Waals surface area contributed by atoms with Crippen molar-refractivity contribution in [2.75, 3.05) is 6.61 Å². The van der Waals surface area contributed by atoms with Crippen LogP contribution in [-0.2, 0) is 9.59 Å². The summed E-state index contributed by atoms with van der Waals surface area (Å²) in [6.45, 7) is 4.94. The van der Waals surface area contributed by atoms with Crippen LogP contribution in [0.25, 0.3) is 0 Å². The highest BCUT2D eigenvalue weighted by molar-refractivity contribution is 7.96. The first-order valence-electron chi connectivity index (χ1n) is 5.29. The molecule has 0 aromatic heterocycles. The molecule has 0 fully saturated rings. The van der Waals surface area contributed by atoms with Gasteiger partial charge in [0.05, 0.1) is 12.6 Å². The van der Waals surface area contributed by atoms with E-state index in [-0.39, 0.29) is 23.4 Å². The SMILES string of the molecule is CC[C@H](C)C(NN[C@@H](CO)C(C)=O)C(=O)S. The molecule has 0 aliphatic heterocycles. The van der Waals surface area contributed by atoms with Crippen LogP contribution >= 0.6 is 12.6 Å². The van der Waals surface area contributed by atoms with E-state index in [0.717, 1.165) is 6.42 Å². The van der Waals surface area contributed by atoms with Crippen molar-refractivity contribution in [2.45, 2.75) is 39.3 Å². The molecule has 3 atom stereocenters. The molecule has 0 saturated heterocycles. The Labute approximate surface area is 101 Å². The van der Waals surface area contributed by atoms with Gasteiger partial charge in [-0.2, -0.15) is 0 Å². The molecule has 3 N–H and O–H groups in total. The van der Waals surface area contributed by atoms with Crippen molar-refractivity contribution in [3.8, 4) is 0 Å². The Morgan fingerprint density at radius 2 is 1.94 bits per heavy atom. The third-order valence-corrected chi connectivity index (χ3v) is 2.84. The van der Waals surface area contributed by atoms with Gasteiger partial charge >= 0.3 is 0 Å². The summed E-state index contributed by atoms with van der Waals surface area (Å²) in [5, 5.41) is 8.63. The van der Waals surface area contributed by atoms with E-state index >= 15 is 0 Å². The molecule has 0 spiro atoms. The van der Waals surface area contributed by atoms with Gasteiger partial charge in [-0.15, -0.1) is 12.6 Å². The summed E-state index contributed by atoms with van der Waals surface area (Å²) >= 11 is 3.78. The molecule has 0 rings (SSSR count). The fourth-order valence-electron chi connectivity index (χ4n) is 1.15. The van der Waals surface area contributed by atoms with Crippen LogP contribution in [0.5, 0.6) is 0 Å². The third-order valence-electron chi connectivity index (χ3n) is 2.57. The van der Waals surface area contributed by atoms with Crippen molar-refractivity contribution in [1.29, 1.82) is 0 Å². The van der Waals surface area contributed by atoms with Crippen molar-refractivity contribution < 1.29 is 14.7 Å². The maximum Gasteiger partial charge on any atom is 0.204 e. The lowest BCUT2D eigenvalue weighted by Crippen LogP contribution is -2.54. The second kappa shape index (κ2) is 7.78. The Morgan fingerprint density at radius 1 is 1.38 bits per heavy atom. The van der Waals surface area contributed by atoms with Gasteiger partial charge in [0.2, 0.25) is 5.12 Å². The molecule has 94 valence electrons. The minimum absolute atomic E-state index is 0.101. The fourth-order valence-corrected chi connectivity index (χ4v) is 1.47. The largest absolute Gasteiger partial charge is 0.394 e. The average Bonchev–Trinajstić information content (AvgIpc) is 2.22. The number of aliphatic hydroxyl groups is 1. The van der Waals surface area contributed by atoms with Crippen LogP contribution < -0.4 is 10.9 Å². The first-order valence-corrected chi connectivity index (χ1v) is 5.73. The van der Waals surface area contributed by atoms with E-state index in [1.54, 1.807) is 0 Å². The lowest BCUT2D eigenvalue weighted by Gasteiger charge is -2.24. The topological polar surface area (TPSA) is 78.4 Å². The molecule has 0 aliphatic rings. The number of thiol groups is 1. The Hall–Kier alpha value is -0.430. The smallest absolute Gasteiger partial charge is 0.204 e. The number of carbonyl (C=O) groups excluding carboxylic acids is 2. The van der Waals surface area contributed by atoms with E-state index in [4.69, 9.17) is 5.11 Å². The Balaban J connectivity index is 4.31. The van der Waals surface area contributed by atoms with Gasteiger partial charge in [-0.1, -0.05) is 20.3 Å². The molecule has 0 saturated carbocycles. The van der Waals surface area contributed by atoms with Crippen molar-refractivity contribution in [1.82, 2.24) is 10.9 Å². The van der Waals surface area contributed by atoms with Crippen LogP contribution in [-0.4, -0.2) is 34.7 Å². The van der Waals surface area contributed by atoms with Crippen molar-refractivity contribution in [3.63, 3.8) is 0 Å². The van der Waals surface area contributed by atoms with E-state index in [1.807, 2.05) is 13.8 Å². The van der Waals surface area contributed by atoms with Crippen molar-refractivity contribution >= 4 is 23.5 Å². The summed E-state index contributed by atoms with van der Waals surface area (Å²) in [5.41, 5.74) is 5.39. The molecule has 0 aromatic rings. The highest BCUT2D eigenvalue weighted by atomic mass is 32.1. The lowest BCUT2D eigenvalue weighted by atomic mass is 10.0. The minimum atomic E-state index is -0.695. The van der Waals surface area contributed by atoms with Crippen LogP contribution in [0.2, 0.25) is 0 Å². The molecule has 0 aromatic carbocycles. The number of ketones is 1. The molecule has 0 amide bonds. The van der Waals surface area contributed by atoms with E-state index in [1.165, 1.54) is 6.92 Å². The van der Waals surface area contributed by atoms with E-state index in [0.29, 0.717) is 0 Å². The minimum Gasteiger partial charge on any atom is -0.394 e. The van der Waals surface area contributed by atoms with E-state index in [9.17, 15) is 9.59 Å². The summed E-state index contributed by atoms with van der Waals surface area (Å²) < 4.78 is 0. The first kappa shape index (κ1) is 15.6. The Kier molecular flexibility index (Phi) is 7.57. The fraction of sp³-hybridized carbons (Fsp3) is 0.800. The van der Waals surface area contributed by atoms with E-state index in [2.05, 4.69) is 23.5 Å². The number of carbonyl (C=O) groups is 2. The first-order chi connectivity index (χ1) is 7.43. The average molecular weight is 248 g/mol. The monoisotopic (exact) mass is 248 g/mol. The molecule has 16 heavy (non-hydrogen) atoms. The van der Waals surface area contributed by atoms with Gasteiger partial charge in [0, 0.05) is 0 Å². The van der Waals surface area contributed by atoms with Gasteiger partial charge in [0.1, 0.15) is 11.8 Å². The summed E-state index contributed by atoms with van der Waals surface area (Å²) in [5.74, 6) is -0.0895. The zero-order valence-corrected chi connectivity index (χ0v) is 10.8. The summed E-state index contributed by atoms with van der Waals surface area (Å²) in [7, 11) is 0. The number of hydrogen-bond donors (Lipinski definition) is 4. The van der Waals surface area contributed by atoms with Gasteiger partial charge in [0.25, 0.3) is 0 Å². The van der Waals surface area contributed by atoms with Gasteiger partial charge in [0.15, 0.2) is 0 Å². The summed E-state index contributed by atoms with van der Waals surface area (Å²) in [6.07, 6.45) is 0.815. The maximum absolute atomic E-state index is 11.2. The van der Waals surface area contributed by atoms with Gasteiger partial charge in [-0.25, -0.2) is 10.9 Å². The van der Waals surface area contributed by atoms with Crippen LogP contribution in [0.1, 0.15) is 27.2 Å². The molecular weight excluding hydrogens is 228 g/mol. The number of rotatable bonds is 8. The number of hydrogen-bond acceptors (Lipinski definition) is 5. The van der Waals surface area contributed by atoms with Crippen molar-refractivity contribution in [3.05, 3.63) is 0 Å². The molecule has 0 bridgehead atoms. The highest BCUT2D eigenvalue weighted by Gasteiger charge is 2.22. The van der Waals surface area contributed by atoms with Crippen LogP contribution in [0.3, 0.4) is 0 Å². The molecule has 0 radical (unpaired) electrons. The predicted molar refractivity (Wildman–Crippen MR) is 65.1 cm³/mol. The number of hydrazine groups is 1. The predicted octanol–water partition coefficient (Wildman–Crippen LogP) is -0.0984. The molecule has 1 unspecified atom stereocenters. The van der Waals surface area contributed by atoms with Gasteiger partial charge in [-0.3, -0.25) is 9.59 Å². The van der Waals surface area contributed by atoms with Crippen LogP contribution in [0.15, 0.2) is 0 Å². The second-order valence-electron chi connectivity index (χ2n) is 3.84. The lowest BCUT2D eigenvalue weighted by molar-refractivity contribution is -0.121. The second-order valence-corrected chi connectivity index (χ2v) is 4.28. The quantitative estimate of drug-likeness (QED) is 0.356. The van der Waals surface area contributed by atoms with Crippen molar-refractivity contribution in [2.24, 2.45) is 5.92 Å². The maximum atomic E-state index is 11.2. The molecule has 5 nitrogen and oxygen atoms in total. The standard InChI is InChI=1S/C10H20N2O3S/c1-4-6(2)9(10(15)16)12-11-8(5-13)7(3)14/h6,8-9,11-13H,4-5H2,1-3H3,(H,15,16)/t6-,8-,9?/m0/s1. The van der Waals surface area contributed by atoms with Crippen LogP contribution in [0, 0.1) is 5.92 Å². The summed E-state index contributed by atoms with van der Waals surface area (Å²) in [4.78, 5) is 22.3. The number of Topliss-reactive ketones (excluding diaryl/α,β-unsaturated/α-hetero) is 1. The number of aliphatic hydroxyl groups excluding tert-OH is 1. The Bertz CT molecular complexity index is 248. The Morgan fingerprint density at radius 3 is 2.25 bits per heavy atom. The van der Waals surface area contributed by atoms with Gasteiger partial charge in [-0.05, 0) is 12.8 Å². The van der Waals surface area contributed by atoms with Crippen LogP contribution in [0.4, 0.5) is 0 Å². The number of nitrogens with one attached hydrogen (secondary N) is 2. The zero-order chi connectivity index (χ0) is 12.7. The highest BCUT2D eigenvalue weighted by Crippen LogP contribution is 2.09. The third kappa shape index (κ3) is 5.07. The molecule has 6 heteroatoms. The molecule has 0 heterocycles. The normalized spacial score (nSPS) is 16.6.